The van der Waals surface area contributed by atoms with E-state index in [0.717, 1.165) is 24.5 Å². The molecule has 0 aromatic heterocycles. The van der Waals surface area contributed by atoms with Gasteiger partial charge in [0.25, 0.3) is 5.91 Å². The van der Waals surface area contributed by atoms with E-state index in [-0.39, 0.29) is 11.9 Å². The number of benzene rings is 1. The van der Waals surface area contributed by atoms with Crippen LogP contribution in [-0.4, -0.2) is 36.7 Å². The molecule has 21 heavy (non-hydrogen) atoms. The molecule has 0 aliphatic heterocycles. The number of carboxylic acids is 1. The minimum absolute atomic E-state index is 0.000849. The van der Waals surface area contributed by atoms with Gasteiger partial charge in [-0.1, -0.05) is 25.5 Å². The number of nitrogens with one attached hydrogen (secondary N) is 1. The Labute approximate surface area is 124 Å². The van der Waals surface area contributed by atoms with Crippen molar-refractivity contribution >= 4 is 18.0 Å². The topological polar surface area (TPSA) is 75.6 Å². The van der Waals surface area contributed by atoms with Crippen molar-refractivity contribution in [1.29, 1.82) is 0 Å². The lowest BCUT2D eigenvalue weighted by Gasteiger charge is -2.17. The van der Waals surface area contributed by atoms with Gasteiger partial charge in [0.05, 0.1) is 12.6 Å². The second kappa shape index (κ2) is 8.92. The van der Waals surface area contributed by atoms with Crippen LogP contribution in [0, 0.1) is 0 Å². The van der Waals surface area contributed by atoms with Gasteiger partial charge in [-0.25, -0.2) is 4.79 Å². The highest BCUT2D eigenvalue weighted by molar-refractivity contribution is 5.94. The van der Waals surface area contributed by atoms with Gasteiger partial charge in [-0.2, -0.15) is 0 Å². The second-order valence-corrected chi connectivity index (χ2v) is 4.71. The molecule has 0 aliphatic rings. The van der Waals surface area contributed by atoms with Crippen LogP contribution in [0.1, 0.15) is 35.7 Å². The van der Waals surface area contributed by atoms with E-state index >= 15 is 0 Å². The smallest absolute Gasteiger partial charge is 0.328 e. The standard InChI is InChI=1S/C16H21NO4/c1-3-4-14(11-21-2)17-16(20)13-8-5-12(6-9-13)7-10-15(18)19/h5-10,14H,3-4,11H2,1-2H3,(H,17,20)(H,18,19). The summed E-state index contributed by atoms with van der Waals surface area (Å²) in [5.74, 6) is -1.15. The van der Waals surface area contributed by atoms with Crippen molar-refractivity contribution in [3.8, 4) is 0 Å². The Hall–Kier alpha value is -2.14. The Kier molecular flexibility index (Phi) is 7.18. The lowest BCUT2D eigenvalue weighted by molar-refractivity contribution is -0.131. The van der Waals surface area contributed by atoms with Gasteiger partial charge in [0.15, 0.2) is 0 Å². The fourth-order valence-electron chi connectivity index (χ4n) is 1.93. The first-order valence-corrected chi connectivity index (χ1v) is 6.87. The van der Waals surface area contributed by atoms with Gasteiger partial charge < -0.3 is 15.2 Å². The highest BCUT2D eigenvalue weighted by Crippen LogP contribution is 2.07. The van der Waals surface area contributed by atoms with Crippen LogP contribution in [0.5, 0.6) is 0 Å². The molecule has 2 N–H and O–H groups in total. The molecule has 1 atom stereocenters. The van der Waals surface area contributed by atoms with Gasteiger partial charge in [-0.3, -0.25) is 4.79 Å². The van der Waals surface area contributed by atoms with Crippen molar-refractivity contribution < 1.29 is 19.4 Å². The van der Waals surface area contributed by atoms with E-state index in [1.807, 2.05) is 0 Å². The first-order chi connectivity index (χ1) is 10.1. The number of aliphatic carboxylic acids is 1. The Bertz CT molecular complexity index is 488. The zero-order valence-electron chi connectivity index (χ0n) is 12.3. The largest absolute Gasteiger partial charge is 0.478 e. The van der Waals surface area contributed by atoms with Crippen LogP contribution >= 0.6 is 0 Å². The third-order valence-corrected chi connectivity index (χ3v) is 2.93. The molecule has 1 rings (SSSR count). The van der Waals surface area contributed by atoms with Gasteiger partial charge in [0.2, 0.25) is 0 Å². The van der Waals surface area contributed by atoms with E-state index in [1.54, 1.807) is 31.4 Å². The molecule has 1 unspecified atom stereocenters. The molecule has 5 heteroatoms. The third kappa shape index (κ3) is 6.23. The third-order valence-electron chi connectivity index (χ3n) is 2.93. The monoisotopic (exact) mass is 291 g/mol. The molecule has 0 saturated heterocycles. The average Bonchev–Trinajstić information content (AvgIpc) is 2.46. The number of rotatable bonds is 8. The first kappa shape index (κ1) is 16.9. The molecule has 5 nitrogen and oxygen atoms in total. The SMILES string of the molecule is CCCC(COC)NC(=O)c1ccc(C=CC(=O)O)cc1. The minimum Gasteiger partial charge on any atom is -0.478 e. The summed E-state index contributed by atoms with van der Waals surface area (Å²) in [5.41, 5.74) is 1.27. The van der Waals surface area contributed by atoms with Gasteiger partial charge in [-0.05, 0) is 30.2 Å². The second-order valence-electron chi connectivity index (χ2n) is 4.71. The van der Waals surface area contributed by atoms with E-state index in [4.69, 9.17) is 9.84 Å². The maximum absolute atomic E-state index is 12.1. The number of hydrogen-bond donors (Lipinski definition) is 2. The summed E-state index contributed by atoms with van der Waals surface area (Å²) in [6.07, 6.45) is 4.37. The first-order valence-electron chi connectivity index (χ1n) is 6.87. The molecule has 0 heterocycles. The molecule has 1 amide bonds. The Morgan fingerprint density at radius 3 is 2.52 bits per heavy atom. The van der Waals surface area contributed by atoms with Crippen LogP contribution in [-0.2, 0) is 9.53 Å². The number of hydrogen-bond acceptors (Lipinski definition) is 3. The van der Waals surface area contributed by atoms with Crippen molar-refractivity contribution in [3.05, 3.63) is 41.5 Å². The molecule has 1 aromatic carbocycles. The highest BCUT2D eigenvalue weighted by atomic mass is 16.5. The molecular weight excluding hydrogens is 270 g/mol. The van der Waals surface area contributed by atoms with E-state index in [9.17, 15) is 9.59 Å². The van der Waals surface area contributed by atoms with Crippen LogP contribution in [0.2, 0.25) is 0 Å². The predicted molar refractivity (Wildman–Crippen MR) is 81.2 cm³/mol. The normalized spacial score (nSPS) is 12.3. The summed E-state index contributed by atoms with van der Waals surface area (Å²) >= 11 is 0. The van der Waals surface area contributed by atoms with Gasteiger partial charge >= 0.3 is 5.97 Å². The molecular formula is C16H21NO4. The average molecular weight is 291 g/mol. The Morgan fingerprint density at radius 2 is 2.00 bits per heavy atom. The molecule has 0 fully saturated rings. The summed E-state index contributed by atoms with van der Waals surface area (Å²) < 4.78 is 5.09. The molecule has 0 saturated carbocycles. The predicted octanol–water partition coefficient (Wildman–Crippen LogP) is 2.33. The summed E-state index contributed by atoms with van der Waals surface area (Å²) in [4.78, 5) is 22.5. The summed E-state index contributed by atoms with van der Waals surface area (Å²) in [7, 11) is 1.61. The molecule has 1 aromatic rings. The molecule has 0 radical (unpaired) electrons. The van der Waals surface area contributed by atoms with Crippen molar-refractivity contribution in [3.63, 3.8) is 0 Å². The van der Waals surface area contributed by atoms with E-state index in [1.165, 1.54) is 6.08 Å². The maximum Gasteiger partial charge on any atom is 0.328 e. The Morgan fingerprint density at radius 1 is 1.33 bits per heavy atom. The van der Waals surface area contributed by atoms with Crippen molar-refractivity contribution in [2.24, 2.45) is 0 Å². The minimum atomic E-state index is -1.00. The van der Waals surface area contributed by atoms with Crippen LogP contribution < -0.4 is 5.32 Å². The van der Waals surface area contributed by atoms with E-state index in [0.29, 0.717) is 12.2 Å². The van der Waals surface area contributed by atoms with Gasteiger partial charge in [-0.15, -0.1) is 0 Å². The number of carboxylic acid groups (broad SMARTS) is 1. The van der Waals surface area contributed by atoms with Crippen molar-refractivity contribution in [2.45, 2.75) is 25.8 Å². The lowest BCUT2D eigenvalue weighted by Crippen LogP contribution is -2.37. The number of ether oxygens (including phenoxy) is 1. The molecule has 0 bridgehead atoms. The van der Waals surface area contributed by atoms with Crippen LogP contribution in [0.3, 0.4) is 0 Å². The molecule has 0 spiro atoms. The number of carbonyl (C=O) groups excluding carboxylic acids is 1. The number of amides is 1. The summed E-state index contributed by atoms with van der Waals surface area (Å²) in [6.45, 7) is 2.54. The maximum atomic E-state index is 12.1. The van der Waals surface area contributed by atoms with Crippen LogP contribution in [0.15, 0.2) is 30.3 Å². The van der Waals surface area contributed by atoms with E-state index in [2.05, 4.69) is 12.2 Å². The highest BCUT2D eigenvalue weighted by Gasteiger charge is 2.12. The fourth-order valence-corrected chi connectivity index (χ4v) is 1.93. The van der Waals surface area contributed by atoms with Crippen LogP contribution in [0.25, 0.3) is 6.08 Å². The van der Waals surface area contributed by atoms with E-state index < -0.39 is 5.97 Å². The van der Waals surface area contributed by atoms with Crippen molar-refractivity contribution in [2.75, 3.05) is 13.7 Å². The van der Waals surface area contributed by atoms with Crippen LogP contribution in [0.4, 0.5) is 0 Å². The summed E-state index contributed by atoms with van der Waals surface area (Å²) in [5, 5.41) is 11.5. The zero-order valence-corrected chi connectivity index (χ0v) is 12.3. The number of carbonyl (C=O) groups is 2. The molecule has 0 aliphatic carbocycles. The Balaban J connectivity index is 2.67. The lowest BCUT2D eigenvalue weighted by atomic mass is 10.1. The van der Waals surface area contributed by atoms with Crippen molar-refractivity contribution in [1.82, 2.24) is 5.32 Å². The summed E-state index contributed by atoms with van der Waals surface area (Å²) in [6, 6.07) is 6.76. The van der Waals surface area contributed by atoms with Gasteiger partial charge in [0, 0.05) is 18.7 Å². The molecule has 114 valence electrons. The fraction of sp³-hybridized carbons (Fsp3) is 0.375. The van der Waals surface area contributed by atoms with Gasteiger partial charge in [0.1, 0.15) is 0 Å². The zero-order chi connectivity index (χ0) is 15.7. The number of methoxy groups -OCH3 is 1. The quantitative estimate of drug-likeness (QED) is 0.721.